The Morgan fingerprint density at radius 3 is 2.07 bits per heavy atom. The van der Waals surface area contributed by atoms with Crippen molar-refractivity contribution < 1.29 is 17.6 Å². The number of amidine groups is 1. The van der Waals surface area contributed by atoms with Gasteiger partial charge in [0.05, 0.1) is 10.6 Å². The van der Waals surface area contributed by atoms with E-state index in [1.165, 1.54) is 4.90 Å². The lowest BCUT2D eigenvalue weighted by atomic mass is 10.1. The van der Waals surface area contributed by atoms with E-state index >= 15 is 0 Å². The molecule has 8 heteroatoms. The molecule has 3 aromatic carbocycles. The highest BCUT2D eigenvalue weighted by molar-refractivity contribution is 8.16. The van der Waals surface area contributed by atoms with Gasteiger partial charge in [-0.05, 0) is 42.0 Å². The van der Waals surface area contributed by atoms with Crippen LogP contribution in [0.4, 0.5) is 10.1 Å². The maximum atomic E-state index is 13.2. The molecule has 1 saturated heterocycles. The van der Waals surface area contributed by atoms with Gasteiger partial charge in [-0.2, -0.15) is 8.42 Å². The summed E-state index contributed by atoms with van der Waals surface area (Å²) in [5, 5.41) is -0.557. The molecule has 1 aliphatic rings. The highest BCUT2D eigenvalue weighted by Crippen LogP contribution is 2.42. The molecule has 1 heterocycles. The van der Waals surface area contributed by atoms with Crippen LogP contribution >= 0.6 is 11.8 Å². The maximum absolute atomic E-state index is 13.2. The van der Waals surface area contributed by atoms with Crippen molar-refractivity contribution in [3.8, 4) is 0 Å². The molecule has 4 rings (SSSR count). The molecule has 146 valence electrons. The van der Waals surface area contributed by atoms with Gasteiger partial charge in [-0.3, -0.25) is 9.69 Å². The second kappa shape index (κ2) is 7.81. The first-order valence-corrected chi connectivity index (χ1v) is 11.0. The lowest BCUT2D eigenvalue weighted by Crippen LogP contribution is -2.30. The Balaban J connectivity index is 1.79. The summed E-state index contributed by atoms with van der Waals surface area (Å²) in [6, 6.07) is 22.3. The zero-order valence-corrected chi connectivity index (χ0v) is 16.6. The predicted octanol–water partition coefficient (Wildman–Crippen LogP) is 4.39. The summed E-state index contributed by atoms with van der Waals surface area (Å²) in [7, 11) is -4.12. The Morgan fingerprint density at radius 1 is 0.862 bits per heavy atom. The first-order valence-electron chi connectivity index (χ1n) is 8.67. The molecular weight excluding hydrogens is 411 g/mol. The molecular formula is C21H15FN2O3S2. The van der Waals surface area contributed by atoms with E-state index in [0.717, 1.165) is 41.6 Å². The number of benzene rings is 3. The van der Waals surface area contributed by atoms with Crippen LogP contribution in [0.2, 0.25) is 0 Å². The van der Waals surface area contributed by atoms with E-state index in [1.54, 1.807) is 30.3 Å². The van der Waals surface area contributed by atoms with Gasteiger partial charge in [0, 0.05) is 0 Å². The molecule has 1 unspecified atom stereocenters. The van der Waals surface area contributed by atoms with Crippen LogP contribution in [0.1, 0.15) is 10.8 Å². The summed E-state index contributed by atoms with van der Waals surface area (Å²) in [6.45, 7) is 0. The molecule has 0 radical (unpaired) electrons. The SMILES string of the molecule is O=C1C(c2ccccc2)S/C(=N/S(=O)(=O)c2ccc(F)cc2)N1c1ccccc1. The van der Waals surface area contributed by atoms with E-state index in [1.807, 2.05) is 30.3 Å². The number of nitrogens with zero attached hydrogens (tertiary/aromatic N) is 2. The Morgan fingerprint density at radius 2 is 1.45 bits per heavy atom. The lowest BCUT2D eigenvalue weighted by Gasteiger charge is -2.16. The third-order valence-electron chi connectivity index (χ3n) is 4.29. The van der Waals surface area contributed by atoms with Crippen molar-refractivity contribution in [1.82, 2.24) is 0 Å². The molecule has 0 spiro atoms. The molecule has 0 aromatic heterocycles. The Bertz CT molecular complexity index is 1170. The van der Waals surface area contributed by atoms with Crippen molar-refractivity contribution in [2.45, 2.75) is 10.1 Å². The maximum Gasteiger partial charge on any atom is 0.284 e. The summed E-state index contributed by atoms with van der Waals surface area (Å²) in [5.41, 5.74) is 1.28. The number of amides is 1. The highest BCUT2D eigenvalue weighted by Gasteiger charge is 2.41. The van der Waals surface area contributed by atoms with Crippen LogP contribution in [0.5, 0.6) is 0 Å². The van der Waals surface area contributed by atoms with Gasteiger partial charge in [0.2, 0.25) is 0 Å². The molecule has 0 bridgehead atoms. The number of carbonyl (C=O) groups excluding carboxylic acids is 1. The molecule has 3 aromatic rings. The normalized spacial score (nSPS) is 18.4. The fraction of sp³-hybridized carbons (Fsp3) is 0.0476. The molecule has 0 N–H and O–H groups in total. The monoisotopic (exact) mass is 426 g/mol. The van der Waals surface area contributed by atoms with Crippen molar-refractivity contribution in [3.05, 3.63) is 96.3 Å². The van der Waals surface area contributed by atoms with Gasteiger partial charge in [-0.1, -0.05) is 60.3 Å². The Labute approximate surface area is 172 Å². The third-order valence-corrected chi connectivity index (χ3v) is 6.88. The molecule has 1 fully saturated rings. The van der Waals surface area contributed by atoms with Gasteiger partial charge >= 0.3 is 0 Å². The van der Waals surface area contributed by atoms with Gasteiger partial charge in [0.25, 0.3) is 15.9 Å². The average Bonchev–Trinajstić information content (AvgIpc) is 3.05. The van der Waals surface area contributed by atoms with E-state index < -0.39 is 21.1 Å². The van der Waals surface area contributed by atoms with Crippen LogP contribution in [-0.4, -0.2) is 19.5 Å². The highest BCUT2D eigenvalue weighted by atomic mass is 32.2. The van der Waals surface area contributed by atoms with Crippen molar-refractivity contribution in [2.75, 3.05) is 4.90 Å². The van der Waals surface area contributed by atoms with Crippen molar-refractivity contribution >= 4 is 38.5 Å². The topological polar surface area (TPSA) is 66.8 Å². The zero-order valence-electron chi connectivity index (χ0n) is 15.0. The Kier molecular flexibility index (Phi) is 5.21. The number of anilines is 1. The summed E-state index contributed by atoms with van der Waals surface area (Å²) >= 11 is 1.07. The minimum absolute atomic E-state index is 0.0550. The molecule has 0 saturated carbocycles. The fourth-order valence-electron chi connectivity index (χ4n) is 2.90. The number of carbonyl (C=O) groups is 1. The Hall–Kier alpha value is -2.97. The molecule has 0 aliphatic carbocycles. The van der Waals surface area contributed by atoms with E-state index in [2.05, 4.69) is 4.40 Å². The van der Waals surface area contributed by atoms with Gasteiger partial charge in [0.1, 0.15) is 11.1 Å². The summed E-state index contributed by atoms with van der Waals surface area (Å²) in [6.07, 6.45) is 0. The fourth-order valence-corrected chi connectivity index (χ4v) is 5.25. The van der Waals surface area contributed by atoms with Crippen LogP contribution < -0.4 is 4.90 Å². The quantitative estimate of drug-likeness (QED) is 0.621. The number of halogens is 1. The number of sulfonamides is 1. The van der Waals surface area contributed by atoms with Gasteiger partial charge < -0.3 is 0 Å². The van der Waals surface area contributed by atoms with Gasteiger partial charge in [0.15, 0.2) is 5.17 Å². The average molecular weight is 426 g/mol. The van der Waals surface area contributed by atoms with Crippen molar-refractivity contribution in [3.63, 3.8) is 0 Å². The largest absolute Gasteiger partial charge is 0.284 e. The molecule has 1 aliphatic heterocycles. The number of para-hydroxylation sites is 1. The molecule has 5 nitrogen and oxygen atoms in total. The van der Waals surface area contributed by atoms with Crippen LogP contribution in [-0.2, 0) is 14.8 Å². The van der Waals surface area contributed by atoms with Crippen LogP contribution in [0.15, 0.2) is 94.2 Å². The second-order valence-electron chi connectivity index (χ2n) is 6.22. The zero-order chi connectivity index (χ0) is 20.4. The summed E-state index contributed by atoms with van der Waals surface area (Å²) in [4.78, 5) is 14.3. The van der Waals surface area contributed by atoms with E-state index in [-0.39, 0.29) is 16.0 Å². The van der Waals surface area contributed by atoms with Crippen LogP contribution in [0.3, 0.4) is 0 Å². The predicted molar refractivity (Wildman–Crippen MR) is 112 cm³/mol. The molecule has 1 atom stereocenters. The van der Waals surface area contributed by atoms with Crippen LogP contribution in [0, 0.1) is 5.82 Å². The number of rotatable bonds is 4. The summed E-state index contributed by atoms with van der Waals surface area (Å²) < 4.78 is 42.6. The minimum Gasteiger partial charge on any atom is -0.272 e. The smallest absolute Gasteiger partial charge is 0.272 e. The first-order chi connectivity index (χ1) is 14.0. The molecule has 29 heavy (non-hydrogen) atoms. The van der Waals surface area contributed by atoms with Crippen LogP contribution in [0.25, 0.3) is 0 Å². The third kappa shape index (κ3) is 3.94. The standard InChI is InChI=1S/C21H15FN2O3S2/c22-16-11-13-18(14-12-16)29(26,27)23-21-24(17-9-5-2-6-10-17)20(25)19(28-21)15-7-3-1-4-8-15/h1-14,19H/b23-21+. The minimum atomic E-state index is -4.12. The second-order valence-corrected chi connectivity index (χ2v) is 8.90. The van der Waals surface area contributed by atoms with E-state index in [9.17, 15) is 17.6 Å². The van der Waals surface area contributed by atoms with Gasteiger partial charge in [-0.15, -0.1) is 4.40 Å². The number of thioether (sulfide) groups is 1. The molecule has 1 amide bonds. The van der Waals surface area contributed by atoms with Crippen molar-refractivity contribution in [1.29, 1.82) is 0 Å². The van der Waals surface area contributed by atoms with E-state index in [0.29, 0.717) is 5.69 Å². The number of hydrogen-bond acceptors (Lipinski definition) is 4. The number of hydrogen-bond donors (Lipinski definition) is 0. The first kappa shape index (κ1) is 19.4. The van der Waals surface area contributed by atoms with Crippen molar-refractivity contribution in [2.24, 2.45) is 4.40 Å². The summed E-state index contributed by atoms with van der Waals surface area (Å²) in [5.74, 6) is -0.822. The van der Waals surface area contributed by atoms with Gasteiger partial charge in [-0.25, -0.2) is 4.39 Å². The van der Waals surface area contributed by atoms with E-state index in [4.69, 9.17) is 0 Å². The lowest BCUT2D eigenvalue weighted by molar-refractivity contribution is -0.117.